The highest BCUT2D eigenvalue weighted by Gasteiger charge is 2.38. The maximum atomic E-state index is 10.8. The van der Waals surface area contributed by atoms with Gasteiger partial charge in [0.05, 0.1) is 6.61 Å². The number of ether oxygens (including phenoxy) is 1. The van der Waals surface area contributed by atoms with Gasteiger partial charge < -0.3 is 9.84 Å². The molecule has 0 aromatic heterocycles. The smallest absolute Gasteiger partial charge is 0.119 e. The lowest BCUT2D eigenvalue weighted by molar-refractivity contribution is 0.0254. The first-order valence-electron chi connectivity index (χ1n) is 6.74. The molecule has 1 aromatic carbocycles. The monoisotopic (exact) mass is 266 g/mol. The molecule has 0 amide bonds. The van der Waals surface area contributed by atoms with Crippen LogP contribution in [0.15, 0.2) is 24.3 Å². The molecule has 2 atom stereocenters. The van der Waals surface area contributed by atoms with E-state index in [1.54, 1.807) is 0 Å². The summed E-state index contributed by atoms with van der Waals surface area (Å²) in [5, 5.41) is 11.1. The van der Waals surface area contributed by atoms with E-state index in [4.69, 9.17) is 4.74 Å². The van der Waals surface area contributed by atoms with Crippen molar-refractivity contribution in [3.05, 3.63) is 29.8 Å². The lowest BCUT2D eigenvalue weighted by Gasteiger charge is -2.38. The van der Waals surface area contributed by atoms with Crippen LogP contribution in [0.2, 0.25) is 0 Å². The van der Waals surface area contributed by atoms with Crippen molar-refractivity contribution >= 4 is 11.8 Å². The Bertz CT molecular complexity index is 377. The zero-order valence-electron chi connectivity index (χ0n) is 11.2. The van der Waals surface area contributed by atoms with Crippen LogP contribution in [0.25, 0.3) is 0 Å². The second kappa shape index (κ2) is 5.98. The van der Waals surface area contributed by atoms with Crippen molar-refractivity contribution < 1.29 is 9.84 Å². The Kier molecular flexibility index (Phi) is 4.57. The Hall–Kier alpha value is -0.670. The van der Waals surface area contributed by atoms with Gasteiger partial charge in [-0.25, -0.2) is 0 Å². The molecule has 0 radical (unpaired) electrons. The molecule has 2 rings (SSSR count). The summed E-state index contributed by atoms with van der Waals surface area (Å²) in [4.78, 5) is 0. The average molecular weight is 266 g/mol. The number of rotatable bonds is 4. The van der Waals surface area contributed by atoms with E-state index in [2.05, 4.69) is 13.8 Å². The summed E-state index contributed by atoms with van der Waals surface area (Å²) in [7, 11) is 0. The topological polar surface area (TPSA) is 29.5 Å². The van der Waals surface area contributed by atoms with Crippen molar-refractivity contribution in [3.63, 3.8) is 0 Å². The number of thioether (sulfide) groups is 1. The van der Waals surface area contributed by atoms with Crippen LogP contribution in [0, 0.1) is 0 Å². The third-order valence-electron chi connectivity index (χ3n) is 3.57. The number of hydrogen-bond donors (Lipinski definition) is 1. The third-order valence-corrected chi connectivity index (χ3v) is 4.98. The van der Waals surface area contributed by atoms with Crippen LogP contribution in [0.3, 0.4) is 0 Å². The molecule has 1 aromatic rings. The summed E-state index contributed by atoms with van der Waals surface area (Å²) >= 11 is 1.86. The second-order valence-corrected chi connectivity index (χ2v) is 6.36. The minimum absolute atomic E-state index is 0.258. The van der Waals surface area contributed by atoms with Gasteiger partial charge in [0.1, 0.15) is 11.4 Å². The van der Waals surface area contributed by atoms with Gasteiger partial charge in [0.15, 0.2) is 0 Å². The van der Waals surface area contributed by atoms with E-state index >= 15 is 0 Å². The standard InChI is InChI=1S/C15H22O2S/c1-3-10-17-14-7-5-13(6-8-14)15(16)9-4-11-18-12(15)2/h5-8,12,16H,3-4,9-11H2,1-2H3. The molecule has 18 heavy (non-hydrogen) atoms. The molecule has 3 heteroatoms. The van der Waals surface area contributed by atoms with E-state index in [1.807, 2.05) is 36.0 Å². The summed E-state index contributed by atoms with van der Waals surface area (Å²) < 4.78 is 5.57. The van der Waals surface area contributed by atoms with Crippen LogP contribution in [0.5, 0.6) is 5.75 Å². The van der Waals surface area contributed by atoms with Crippen LogP contribution in [-0.4, -0.2) is 22.7 Å². The van der Waals surface area contributed by atoms with Crippen LogP contribution in [0.4, 0.5) is 0 Å². The molecular weight excluding hydrogens is 244 g/mol. The molecular formula is C15H22O2S. The first-order valence-corrected chi connectivity index (χ1v) is 7.79. The highest BCUT2D eigenvalue weighted by atomic mass is 32.2. The summed E-state index contributed by atoms with van der Waals surface area (Å²) in [5.74, 6) is 2.04. The Balaban J connectivity index is 2.12. The Labute approximate surface area is 114 Å². The van der Waals surface area contributed by atoms with Crippen LogP contribution in [0.1, 0.15) is 38.7 Å². The minimum Gasteiger partial charge on any atom is -0.494 e. The average Bonchev–Trinajstić information content (AvgIpc) is 2.40. The molecule has 1 aliphatic rings. The van der Waals surface area contributed by atoms with E-state index < -0.39 is 5.60 Å². The molecule has 0 spiro atoms. The number of benzene rings is 1. The lowest BCUT2D eigenvalue weighted by atomic mass is 9.86. The van der Waals surface area contributed by atoms with Crippen molar-refractivity contribution in [2.75, 3.05) is 12.4 Å². The minimum atomic E-state index is -0.674. The quantitative estimate of drug-likeness (QED) is 0.903. The summed E-state index contributed by atoms with van der Waals surface area (Å²) in [6.45, 7) is 4.96. The SMILES string of the molecule is CCCOc1ccc(C2(O)CCCSC2C)cc1. The predicted octanol–water partition coefficient (Wildman–Crippen LogP) is 3.58. The summed E-state index contributed by atoms with van der Waals surface area (Å²) in [6, 6.07) is 7.95. The first-order chi connectivity index (χ1) is 8.66. The zero-order valence-corrected chi connectivity index (χ0v) is 12.0. The van der Waals surface area contributed by atoms with Crippen LogP contribution in [-0.2, 0) is 5.60 Å². The highest BCUT2D eigenvalue weighted by Crippen LogP contribution is 2.41. The third kappa shape index (κ3) is 2.83. The maximum Gasteiger partial charge on any atom is 0.119 e. The van der Waals surface area contributed by atoms with E-state index in [0.29, 0.717) is 0 Å². The van der Waals surface area contributed by atoms with E-state index in [0.717, 1.165) is 42.9 Å². The normalized spacial score (nSPS) is 28.1. The van der Waals surface area contributed by atoms with Gasteiger partial charge in [0.2, 0.25) is 0 Å². The molecule has 0 saturated carbocycles. The second-order valence-electron chi connectivity index (χ2n) is 4.91. The fourth-order valence-electron chi connectivity index (χ4n) is 2.38. The molecule has 1 heterocycles. The highest BCUT2D eigenvalue weighted by molar-refractivity contribution is 8.00. The predicted molar refractivity (Wildman–Crippen MR) is 77.3 cm³/mol. The molecule has 2 unspecified atom stereocenters. The van der Waals surface area contributed by atoms with E-state index in [1.165, 1.54) is 0 Å². The van der Waals surface area contributed by atoms with Crippen molar-refractivity contribution in [2.45, 2.75) is 44.0 Å². The van der Waals surface area contributed by atoms with Crippen LogP contribution < -0.4 is 4.74 Å². The first kappa shape index (κ1) is 13.8. The van der Waals surface area contributed by atoms with E-state index in [9.17, 15) is 5.11 Å². The maximum absolute atomic E-state index is 10.8. The van der Waals surface area contributed by atoms with Gasteiger partial charge in [-0.05, 0) is 42.7 Å². The van der Waals surface area contributed by atoms with Crippen LogP contribution >= 0.6 is 11.8 Å². The Morgan fingerprint density at radius 1 is 1.39 bits per heavy atom. The molecule has 0 bridgehead atoms. The molecule has 2 nitrogen and oxygen atoms in total. The van der Waals surface area contributed by atoms with Gasteiger partial charge in [-0.2, -0.15) is 11.8 Å². The number of aliphatic hydroxyl groups is 1. The van der Waals surface area contributed by atoms with Gasteiger partial charge in [-0.1, -0.05) is 26.0 Å². The fourth-order valence-corrected chi connectivity index (χ4v) is 3.58. The van der Waals surface area contributed by atoms with Gasteiger partial charge >= 0.3 is 0 Å². The molecule has 1 saturated heterocycles. The Morgan fingerprint density at radius 2 is 2.11 bits per heavy atom. The summed E-state index contributed by atoms with van der Waals surface area (Å²) in [6.07, 6.45) is 2.95. The van der Waals surface area contributed by atoms with Crippen molar-refractivity contribution in [3.8, 4) is 5.75 Å². The van der Waals surface area contributed by atoms with Gasteiger partial charge in [0, 0.05) is 5.25 Å². The zero-order chi connectivity index (χ0) is 13.0. The van der Waals surface area contributed by atoms with Gasteiger partial charge in [0.25, 0.3) is 0 Å². The fraction of sp³-hybridized carbons (Fsp3) is 0.600. The van der Waals surface area contributed by atoms with Crippen molar-refractivity contribution in [1.29, 1.82) is 0 Å². The molecule has 0 aliphatic carbocycles. The summed E-state index contributed by atoms with van der Waals surface area (Å²) in [5.41, 5.74) is 0.345. The number of hydrogen-bond acceptors (Lipinski definition) is 3. The van der Waals surface area contributed by atoms with E-state index in [-0.39, 0.29) is 5.25 Å². The van der Waals surface area contributed by atoms with Gasteiger partial charge in [-0.3, -0.25) is 0 Å². The molecule has 100 valence electrons. The largest absolute Gasteiger partial charge is 0.494 e. The molecule has 1 N–H and O–H groups in total. The van der Waals surface area contributed by atoms with Gasteiger partial charge in [-0.15, -0.1) is 0 Å². The molecule has 1 aliphatic heterocycles. The molecule has 1 fully saturated rings. The van der Waals surface area contributed by atoms with Crippen molar-refractivity contribution in [2.24, 2.45) is 0 Å². The Morgan fingerprint density at radius 3 is 2.72 bits per heavy atom. The lowest BCUT2D eigenvalue weighted by Crippen LogP contribution is -2.38. The van der Waals surface area contributed by atoms with Crippen molar-refractivity contribution in [1.82, 2.24) is 0 Å².